The number of para-hydroxylation sites is 4. The van der Waals surface area contributed by atoms with Crippen LogP contribution < -0.4 is 14.5 Å². The van der Waals surface area contributed by atoms with Gasteiger partial charge in [-0.1, -0.05) is 80.6 Å². The SMILES string of the molecule is [2H]C([2H])([2H])N1CN2c3cc(Oc4ccc5c6cccc7c6n(c5c4)c4ncccc4c4cccc5c6ccccc6n7c54)ccc3C(C)(C)c3cccc1c32. The van der Waals surface area contributed by atoms with Crippen LogP contribution in [0.5, 0.6) is 11.5 Å². The summed E-state index contributed by atoms with van der Waals surface area (Å²) in [6.07, 6.45) is 1.88. The lowest BCUT2D eigenvalue weighted by Crippen LogP contribution is -2.32. The summed E-state index contributed by atoms with van der Waals surface area (Å²) in [7, 11) is 0. The van der Waals surface area contributed by atoms with Crippen LogP contribution in [0.1, 0.15) is 29.1 Å². The van der Waals surface area contributed by atoms with E-state index < -0.39 is 6.98 Å². The van der Waals surface area contributed by atoms with Crippen LogP contribution in [0.15, 0.2) is 134 Å². The molecule has 4 aromatic heterocycles. The number of benzene rings is 6. The molecule has 0 saturated heterocycles. The highest BCUT2D eigenvalue weighted by molar-refractivity contribution is 6.23. The number of hydrogen-bond donors (Lipinski definition) is 0. The van der Waals surface area contributed by atoms with Gasteiger partial charge in [0.1, 0.15) is 17.1 Å². The molecule has 52 heavy (non-hydrogen) atoms. The molecule has 0 saturated carbocycles. The summed E-state index contributed by atoms with van der Waals surface area (Å²) in [6.45, 7) is 2.38. The Hall–Kier alpha value is -6.53. The predicted octanol–water partition coefficient (Wildman–Crippen LogP) is 11.3. The fourth-order valence-corrected chi connectivity index (χ4v) is 9.39. The highest BCUT2D eigenvalue weighted by atomic mass is 16.5. The number of ether oxygens (including phenoxy) is 1. The van der Waals surface area contributed by atoms with Gasteiger partial charge in [0.15, 0.2) is 0 Å². The van der Waals surface area contributed by atoms with Crippen LogP contribution >= 0.6 is 0 Å². The molecule has 0 N–H and O–H groups in total. The smallest absolute Gasteiger partial charge is 0.145 e. The van der Waals surface area contributed by atoms with Crippen molar-refractivity contribution in [2.24, 2.45) is 0 Å². The quantitative estimate of drug-likeness (QED) is 0.183. The van der Waals surface area contributed by atoms with Crippen LogP contribution in [-0.2, 0) is 5.41 Å². The first kappa shape index (κ1) is 25.4. The lowest BCUT2D eigenvalue weighted by atomic mass is 9.73. The predicted molar refractivity (Wildman–Crippen MR) is 214 cm³/mol. The first-order valence-corrected chi connectivity index (χ1v) is 17.7. The summed E-state index contributed by atoms with van der Waals surface area (Å²) in [5.74, 6) is 1.38. The summed E-state index contributed by atoms with van der Waals surface area (Å²) >= 11 is 0. The van der Waals surface area contributed by atoms with E-state index in [9.17, 15) is 0 Å². The Labute approximate surface area is 303 Å². The van der Waals surface area contributed by atoms with Crippen molar-refractivity contribution < 1.29 is 8.85 Å². The van der Waals surface area contributed by atoms with Crippen molar-refractivity contribution in [2.75, 3.05) is 23.4 Å². The zero-order chi connectivity index (χ0) is 37.0. The summed E-state index contributed by atoms with van der Waals surface area (Å²) in [6, 6.07) is 44.5. The second-order valence-electron chi connectivity index (χ2n) is 14.7. The molecule has 0 amide bonds. The van der Waals surface area contributed by atoms with E-state index in [0.717, 1.165) is 77.4 Å². The molecule has 6 heteroatoms. The van der Waals surface area contributed by atoms with Gasteiger partial charge in [-0.2, -0.15) is 0 Å². The van der Waals surface area contributed by atoms with E-state index in [4.69, 9.17) is 13.8 Å². The Morgan fingerprint density at radius 2 is 1.31 bits per heavy atom. The van der Waals surface area contributed by atoms with E-state index in [2.05, 4.69) is 125 Å². The highest BCUT2D eigenvalue weighted by Crippen LogP contribution is 2.55. The molecule has 12 rings (SSSR count). The fraction of sp³-hybridized carbons (Fsp3) is 0.109. The van der Waals surface area contributed by atoms with Gasteiger partial charge in [0.25, 0.3) is 0 Å². The lowest BCUT2D eigenvalue weighted by molar-refractivity contribution is 0.482. The second-order valence-corrected chi connectivity index (χ2v) is 14.7. The van der Waals surface area contributed by atoms with Gasteiger partial charge >= 0.3 is 0 Å². The van der Waals surface area contributed by atoms with E-state index in [0.29, 0.717) is 11.5 Å². The zero-order valence-corrected chi connectivity index (χ0v) is 28.6. The Morgan fingerprint density at radius 3 is 2.21 bits per heavy atom. The topological polar surface area (TPSA) is 37.4 Å². The summed E-state index contributed by atoms with van der Waals surface area (Å²) in [5.41, 5.74) is 11.0. The van der Waals surface area contributed by atoms with Crippen LogP contribution in [0.25, 0.3) is 65.5 Å². The number of pyridine rings is 1. The average molecular weight is 675 g/mol. The Bertz CT molecular complexity index is 3320. The molecule has 0 fully saturated rings. The Morgan fingerprint density at radius 1 is 0.596 bits per heavy atom. The third-order valence-corrected chi connectivity index (χ3v) is 11.7. The van der Waals surface area contributed by atoms with Crippen molar-refractivity contribution in [1.29, 1.82) is 0 Å². The van der Waals surface area contributed by atoms with Gasteiger partial charge in [-0.05, 0) is 59.7 Å². The maximum Gasteiger partial charge on any atom is 0.145 e. The van der Waals surface area contributed by atoms with Crippen LogP contribution in [0.3, 0.4) is 0 Å². The largest absolute Gasteiger partial charge is 0.457 e. The standard InChI is InChI=1S/C46H33N5O/c1-46(2)35-22-20-28(25-41(35)49-26-48(3)38-17-8-15-36(46)44(38)49)52-27-19-21-30-32-13-7-18-39-43(32)51(40(30)24-27)45-34(14-9-23-47-45)33-12-6-11-31-29-10-4-5-16-37(29)50(39)42(31)33/h4-25H,26H2,1-3H3/i3D3. The molecule has 0 aliphatic carbocycles. The molecule has 6 nitrogen and oxygen atoms in total. The van der Waals surface area contributed by atoms with Gasteiger partial charge < -0.3 is 18.9 Å². The number of fused-ring (bicyclic) bond motifs is 12. The average Bonchev–Trinajstić information content (AvgIpc) is 3.85. The molecule has 248 valence electrons. The number of rotatable bonds is 2. The zero-order valence-electron chi connectivity index (χ0n) is 31.6. The molecular weight excluding hydrogens is 639 g/mol. The minimum atomic E-state index is -2.27. The van der Waals surface area contributed by atoms with Crippen LogP contribution in [0.4, 0.5) is 17.1 Å². The molecule has 10 aromatic rings. The van der Waals surface area contributed by atoms with E-state index in [1.807, 2.05) is 36.5 Å². The summed E-state index contributed by atoms with van der Waals surface area (Å²) in [4.78, 5) is 8.74. The van der Waals surface area contributed by atoms with Crippen molar-refractivity contribution in [2.45, 2.75) is 19.3 Å². The number of anilines is 3. The van der Waals surface area contributed by atoms with Crippen LogP contribution in [0.2, 0.25) is 0 Å². The number of hydrogen-bond acceptors (Lipinski definition) is 4. The van der Waals surface area contributed by atoms with E-state index in [1.165, 1.54) is 21.2 Å². The second kappa shape index (κ2) is 9.62. The first-order valence-electron chi connectivity index (χ1n) is 19.2. The van der Waals surface area contributed by atoms with Crippen molar-refractivity contribution >= 4 is 82.6 Å². The minimum absolute atomic E-state index is 0.238. The van der Waals surface area contributed by atoms with E-state index in [-0.39, 0.29) is 12.1 Å². The molecular formula is C46H33N5O. The summed E-state index contributed by atoms with van der Waals surface area (Å²) < 4.78 is 36.4. The lowest BCUT2D eigenvalue weighted by Gasteiger charge is -2.39. The van der Waals surface area contributed by atoms with Gasteiger partial charge in [0, 0.05) is 67.2 Å². The normalized spacial score (nSPS) is 15.9. The molecule has 0 atom stereocenters. The van der Waals surface area contributed by atoms with Gasteiger partial charge in [0.05, 0.1) is 51.3 Å². The molecule has 2 aliphatic rings. The van der Waals surface area contributed by atoms with Crippen molar-refractivity contribution in [3.05, 3.63) is 145 Å². The summed E-state index contributed by atoms with van der Waals surface area (Å²) in [5, 5.41) is 6.88. The Kier molecular flexibility index (Phi) is 4.70. The number of nitrogens with zero attached hydrogens (tertiary/aromatic N) is 5. The first-order chi connectivity index (χ1) is 26.7. The molecule has 6 heterocycles. The van der Waals surface area contributed by atoms with Crippen LogP contribution in [-0.4, -0.2) is 27.4 Å². The van der Waals surface area contributed by atoms with Crippen molar-refractivity contribution in [3.63, 3.8) is 0 Å². The third-order valence-electron chi connectivity index (χ3n) is 11.7. The fourth-order valence-electron chi connectivity index (χ4n) is 9.39. The van der Waals surface area contributed by atoms with Crippen LogP contribution in [0, 0.1) is 0 Å². The number of aromatic nitrogens is 3. The third kappa shape index (κ3) is 3.42. The molecule has 6 aromatic carbocycles. The van der Waals surface area contributed by atoms with Gasteiger partial charge in [-0.15, -0.1) is 0 Å². The van der Waals surface area contributed by atoms with E-state index in [1.54, 1.807) is 0 Å². The monoisotopic (exact) mass is 674 g/mol. The Balaban J connectivity index is 1.09. The maximum atomic E-state index is 8.31. The molecule has 0 spiro atoms. The van der Waals surface area contributed by atoms with Gasteiger partial charge in [-0.3, -0.25) is 4.40 Å². The van der Waals surface area contributed by atoms with Crippen molar-refractivity contribution in [1.82, 2.24) is 13.8 Å². The molecule has 0 radical (unpaired) electrons. The molecule has 0 bridgehead atoms. The van der Waals surface area contributed by atoms with Gasteiger partial charge in [-0.25, -0.2) is 4.98 Å². The van der Waals surface area contributed by atoms with Crippen molar-refractivity contribution in [3.8, 4) is 11.5 Å². The van der Waals surface area contributed by atoms with Gasteiger partial charge in [0.2, 0.25) is 0 Å². The molecule has 0 unspecified atom stereocenters. The minimum Gasteiger partial charge on any atom is -0.457 e. The molecule has 2 aliphatic heterocycles. The van der Waals surface area contributed by atoms with E-state index >= 15 is 0 Å². The highest BCUT2D eigenvalue weighted by Gasteiger charge is 2.41. The maximum absolute atomic E-state index is 8.31.